The van der Waals surface area contributed by atoms with E-state index in [2.05, 4.69) is 20.2 Å². The van der Waals surface area contributed by atoms with Gasteiger partial charge in [-0.2, -0.15) is 0 Å². The molecule has 0 saturated carbocycles. The molecule has 0 spiro atoms. The second kappa shape index (κ2) is 6.37. The molecule has 2 heterocycles. The molecule has 1 amide bonds. The Morgan fingerprint density at radius 1 is 1.00 bits per heavy atom. The lowest BCUT2D eigenvalue weighted by Crippen LogP contribution is -2.21. The van der Waals surface area contributed by atoms with Gasteiger partial charge in [0, 0.05) is 30.6 Å². The highest BCUT2D eigenvalue weighted by atomic mass is 16.2. The number of aromatic nitrogens is 2. The number of nitrogens with one attached hydrogen (secondary N) is 3. The minimum atomic E-state index is -0.273. The summed E-state index contributed by atoms with van der Waals surface area (Å²) in [6.45, 7) is 1.83. The molecule has 28 heavy (non-hydrogen) atoms. The number of nitrogens with zero attached hydrogens (tertiary/aromatic N) is 1. The number of amides is 1. The summed E-state index contributed by atoms with van der Waals surface area (Å²) >= 11 is 0. The van der Waals surface area contributed by atoms with E-state index in [-0.39, 0.29) is 17.4 Å². The van der Waals surface area contributed by atoms with Gasteiger partial charge in [0.1, 0.15) is 0 Å². The molecule has 3 aromatic rings. The quantitative estimate of drug-likeness (QED) is 0.655. The molecule has 0 atom stereocenters. The maximum absolute atomic E-state index is 13.1. The Kier molecular flexibility index (Phi) is 3.82. The van der Waals surface area contributed by atoms with Crippen molar-refractivity contribution in [1.29, 1.82) is 0 Å². The van der Waals surface area contributed by atoms with Gasteiger partial charge in [0.25, 0.3) is 5.91 Å². The van der Waals surface area contributed by atoms with E-state index >= 15 is 0 Å². The van der Waals surface area contributed by atoms with Crippen molar-refractivity contribution in [2.75, 3.05) is 23.3 Å². The van der Waals surface area contributed by atoms with Crippen LogP contribution in [-0.4, -0.2) is 34.7 Å². The highest BCUT2D eigenvalue weighted by molar-refractivity contribution is 6.11. The van der Waals surface area contributed by atoms with E-state index < -0.39 is 0 Å². The molecule has 1 aliphatic carbocycles. The molecule has 2 aliphatic rings. The first-order valence-electron chi connectivity index (χ1n) is 9.57. The van der Waals surface area contributed by atoms with Crippen LogP contribution in [0, 0.1) is 0 Å². The van der Waals surface area contributed by atoms with Gasteiger partial charge in [-0.1, -0.05) is 12.1 Å². The lowest BCUT2D eigenvalue weighted by atomic mass is 10.0. The van der Waals surface area contributed by atoms with Crippen molar-refractivity contribution in [3.63, 3.8) is 0 Å². The van der Waals surface area contributed by atoms with Gasteiger partial charge in [-0.25, -0.2) is 4.79 Å². The van der Waals surface area contributed by atoms with Crippen molar-refractivity contribution in [3.8, 4) is 0 Å². The topological polar surface area (TPSA) is 98.1 Å². The molecule has 142 valence electrons. The summed E-state index contributed by atoms with van der Waals surface area (Å²) in [5.74, 6) is -0.141. The zero-order valence-electron chi connectivity index (χ0n) is 15.3. The molecule has 0 bridgehead atoms. The van der Waals surface area contributed by atoms with Crippen LogP contribution < -0.4 is 15.9 Å². The number of Topliss-reactive ketones (excluding diaryl/α,β-unsaturated/α-hetero) is 1. The van der Waals surface area contributed by atoms with Gasteiger partial charge >= 0.3 is 5.69 Å². The number of rotatable bonds is 3. The van der Waals surface area contributed by atoms with E-state index in [0.717, 1.165) is 42.7 Å². The van der Waals surface area contributed by atoms with Crippen molar-refractivity contribution < 1.29 is 9.59 Å². The van der Waals surface area contributed by atoms with Crippen molar-refractivity contribution in [3.05, 3.63) is 57.5 Å². The average Bonchev–Trinajstić information content (AvgIpc) is 3.40. The summed E-state index contributed by atoms with van der Waals surface area (Å²) in [7, 11) is 0. The summed E-state index contributed by atoms with van der Waals surface area (Å²) in [6.07, 6.45) is 3.25. The Labute approximate surface area is 160 Å². The molecule has 3 N–H and O–H groups in total. The summed E-state index contributed by atoms with van der Waals surface area (Å²) in [6, 6.07) is 9.01. The Bertz CT molecular complexity index is 1170. The highest BCUT2D eigenvalue weighted by Gasteiger charge is 2.25. The Morgan fingerprint density at radius 3 is 2.54 bits per heavy atom. The minimum Gasteiger partial charge on any atom is -0.370 e. The number of carbonyl (C=O) groups is 2. The monoisotopic (exact) mass is 376 g/mol. The average molecular weight is 376 g/mol. The Balaban J connectivity index is 1.56. The maximum atomic E-state index is 13.1. The first kappa shape index (κ1) is 16.8. The SMILES string of the molecule is O=C1CCc2c1cccc2C(=O)Nc1cc2[nH]c(=O)[nH]c2cc1N1CCCC1. The van der Waals surface area contributed by atoms with Crippen LogP contribution in [0.2, 0.25) is 0 Å². The van der Waals surface area contributed by atoms with Gasteiger partial charge in [-0.3, -0.25) is 9.59 Å². The molecule has 5 rings (SSSR count). The fraction of sp³-hybridized carbons (Fsp3) is 0.286. The molecule has 7 heteroatoms. The lowest BCUT2D eigenvalue weighted by molar-refractivity contribution is 0.0993. The first-order valence-corrected chi connectivity index (χ1v) is 9.57. The van der Waals surface area contributed by atoms with Gasteiger partial charge in [-0.05, 0) is 43.0 Å². The zero-order chi connectivity index (χ0) is 19.3. The number of H-pyrrole nitrogens is 2. The number of carbonyl (C=O) groups excluding carboxylic acids is 2. The van der Waals surface area contributed by atoms with E-state index in [1.54, 1.807) is 24.3 Å². The second-order valence-corrected chi connectivity index (χ2v) is 7.40. The number of benzene rings is 2. The molecular weight excluding hydrogens is 356 g/mol. The number of hydrogen-bond acceptors (Lipinski definition) is 4. The third-order valence-corrected chi connectivity index (χ3v) is 5.65. The Hall–Kier alpha value is -3.35. The molecular formula is C21H20N4O3. The maximum Gasteiger partial charge on any atom is 0.323 e. The van der Waals surface area contributed by atoms with Crippen LogP contribution >= 0.6 is 0 Å². The van der Waals surface area contributed by atoms with Gasteiger partial charge < -0.3 is 20.2 Å². The molecule has 7 nitrogen and oxygen atoms in total. The van der Waals surface area contributed by atoms with Crippen molar-refractivity contribution in [1.82, 2.24) is 9.97 Å². The normalized spacial score (nSPS) is 16.0. The Morgan fingerprint density at radius 2 is 1.75 bits per heavy atom. The van der Waals surface area contributed by atoms with Gasteiger partial charge in [-0.15, -0.1) is 0 Å². The molecule has 1 fully saturated rings. The fourth-order valence-corrected chi connectivity index (χ4v) is 4.28. The third-order valence-electron chi connectivity index (χ3n) is 5.65. The summed E-state index contributed by atoms with van der Waals surface area (Å²) < 4.78 is 0. The van der Waals surface area contributed by atoms with Gasteiger partial charge in [0.05, 0.1) is 22.4 Å². The summed E-state index contributed by atoms with van der Waals surface area (Å²) in [5.41, 5.74) is 4.67. The number of hydrogen-bond donors (Lipinski definition) is 3. The zero-order valence-corrected chi connectivity index (χ0v) is 15.3. The van der Waals surface area contributed by atoms with Crippen LogP contribution in [0.25, 0.3) is 11.0 Å². The van der Waals surface area contributed by atoms with Crippen LogP contribution in [0.5, 0.6) is 0 Å². The first-order chi connectivity index (χ1) is 13.6. The smallest absolute Gasteiger partial charge is 0.323 e. The van der Waals surface area contributed by atoms with Crippen molar-refractivity contribution >= 4 is 34.1 Å². The van der Waals surface area contributed by atoms with Crippen LogP contribution in [-0.2, 0) is 6.42 Å². The number of fused-ring (bicyclic) bond motifs is 2. The predicted octanol–water partition coefficient (Wildman–Crippen LogP) is 2.84. The van der Waals surface area contributed by atoms with E-state index in [9.17, 15) is 14.4 Å². The number of ketones is 1. The predicted molar refractivity (Wildman–Crippen MR) is 107 cm³/mol. The lowest BCUT2D eigenvalue weighted by Gasteiger charge is -2.22. The van der Waals surface area contributed by atoms with Crippen LogP contribution in [0.4, 0.5) is 11.4 Å². The minimum absolute atomic E-state index is 0.0914. The van der Waals surface area contributed by atoms with Crippen molar-refractivity contribution in [2.45, 2.75) is 25.7 Å². The van der Waals surface area contributed by atoms with E-state index in [1.807, 2.05) is 6.07 Å². The number of aromatic amines is 2. The summed E-state index contributed by atoms with van der Waals surface area (Å²) in [5, 5.41) is 3.02. The van der Waals surface area contributed by atoms with Gasteiger partial charge in [0.15, 0.2) is 5.78 Å². The molecule has 0 unspecified atom stereocenters. The van der Waals surface area contributed by atoms with Crippen LogP contribution in [0.15, 0.2) is 35.1 Å². The fourth-order valence-electron chi connectivity index (χ4n) is 4.28. The number of anilines is 2. The molecule has 0 radical (unpaired) electrons. The standard InChI is InChI=1S/C21H20N4O3/c26-19-7-6-12-13(19)4-3-5-14(12)20(27)22-17-10-15-16(24-21(28)23-15)11-18(17)25-8-1-2-9-25/h3-5,10-11H,1-2,6-9H2,(H,22,27)(H2,23,24,28). The van der Waals surface area contributed by atoms with Crippen LogP contribution in [0.3, 0.4) is 0 Å². The van der Waals surface area contributed by atoms with Crippen LogP contribution in [0.1, 0.15) is 45.5 Å². The van der Waals surface area contributed by atoms with E-state index in [4.69, 9.17) is 0 Å². The third kappa shape index (κ3) is 2.70. The molecule has 2 aromatic carbocycles. The summed E-state index contributed by atoms with van der Waals surface area (Å²) in [4.78, 5) is 44.5. The largest absolute Gasteiger partial charge is 0.370 e. The van der Waals surface area contributed by atoms with Gasteiger partial charge in [0.2, 0.25) is 0 Å². The molecule has 1 saturated heterocycles. The number of imidazole rings is 1. The molecule has 1 aromatic heterocycles. The molecule has 1 aliphatic heterocycles. The van der Waals surface area contributed by atoms with Crippen molar-refractivity contribution in [2.24, 2.45) is 0 Å². The van der Waals surface area contributed by atoms with E-state index in [0.29, 0.717) is 35.2 Å². The van der Waals surface area contributed by atoms with E-state index in [1.165, 1.54) is 0 Å². The second-order valence-electron chi connectivity index (χ2n) is 7.40. The highest BCUT2D eigenvalue weighted by Crippen LogP contribution is 2.33.